The van der Waals surface area contributed by atoms with Gasteiger partial charge >= 0.3 is 0 Å². The fraction of sp³-hybridized carbons (Fsp3) is 0.800. The third kappa shape index (κ3) is 6.00. The van der Waals surface area contributed by atoms with Gasteiger partial charge in [0.15, 0.2) is 0 Å². The molecule has 4 aliphatic heterocycles. The van der Waals surface area contributed by atoms with Gasteiger partial charge in [0.2, 0.25) is 0 Å². The van der Waals surface area contributed by atoms with Crippen LogP contribution in [-0.4, -0.2) is 56.4 Å². The minimum Gasteiger partial charge on any atom is -0.376 e. The summed E-state index contributed by atoms with van der Waals surface area (Å²) in [7, 11) is 0. The third-order valence-electron chi connectivity index (χ3n) is 9.31. The van der Waals surface area contributed by atoms with Crippen molar-refractivity contribution in [1.29, 1.82) is 0 Å². The quantitative estimate of drug-likeness (QED) is 0.381. The average molecular weight is 499 g/mol. The maximum Gasteiger partial charge on any atom is 0.0845 e. The summed E-state index contributed by atoms with van der Waals surface area (Å²) in [5.41, 5.74) is 3.68. The number of fused-ring (bicyclic) bond motifs is 4. The van der Waals surface area contributed by atoms with Gasteiger partial charge in [-0.1, -0.05) is 18.2 Å². The lowest BCUT2D eigenvalue weighted by Crippen LogP contribution is -2.46. The van der Waals surface area contributed by atoms with E-state index < -0.39 is 0 Å². The fourth-order valence-corrected chi connectivity index (χ4v) is 7.23. The standard InChI is InChI=1S/C30H42O6/c1-3-27-29(35-27)10-19(1)13-31-15-21-5-22(16-32-14-20-2-4-28-30(11-20)36-28)7-23(6-21)17-33-18-24-8-25-12-26(9-24)34-25/h5-7,19-20,24-30H,1-4,8-18H2. The van der Waals surface area contributed by atoms with Crippen molar-refractivity contribution in [2.75, 3.05) is 19.8 Å². The lowest BCUT2D eigenvalue weighted by molar-refractivity contribution is -0.180. The van der Waals surface area contributed by atoms with E-state index in [4.69, 9.17) is 28.4 Å². The Morgan fingerprint density at radius 2 is 0.944 bits per heavy atom. The van der Waals surface area contributed by atoms with Crippen LogP contribution < -0.4 is 0 Å². The van der Waals surface area contributed by atoms with E-state index >= 15 is 0 Å². The number of hydrogen-bond donors (Lipinski definition) is 0. The van der Waals surface area contributed by atoms with Crippen molar-refractivity contribution in [2.45, 2.75) is 114 Å². The van der Waals surface area contributed by atoms with E-state index in [1.165, 1.54) is 61.6 Å². The van der Waals surface area contributed by atoms with E-state index in [-0.39, 0.29) is 0 Å². The van der Waals surface area contributed by atoms with Crippen molar-refractivity contribution in [3.05, 3.63) is 34.9 Å². The minimum absolute atomic E-state index is 0.490. The summed E-state index contributed by atoms with van der Waals surface area (Å²) < 4.78 is 35.8. The first-order valence-corrected chi connectivity index (χ1v) is 14.5. The van der Waals surface area contributed by atoms with Crippen LogP contribution in [0.4, 0.5) is 0 Å². The molecule has 36 heavy (non-hydrogen) atoms. The highest BCUT2D eigenvalue weighted by Crippen LogP contribution is 2.41. The molecule has 4 heterocycles. The molecule has 3 saturated carbocycles. The Morgan fingerprint density at radius 1 is 0.500 bits per heavy atom. The van der Waals surface area contributed by atoms with Gasteiger partial charge in [-0.2, -0.15) is 0 Å². The molecule has 7 fully saturated rings. The Balaban J connectivity index is 0.917. The number of hydrogen-bond acceptors (Lipinski definition) is 6. The third-order valence-corrected chi connectivity index (χ3v) is 9.31. The Bertz CT molecular complexity index is 791. The molecule has 0 amide bonds. The smallest absolute Gasteiger partial charge is 0.0845 e. The normalized spacial score (nSPS) is 40.2. The first-order valence-electron chi connectivity index (χ1n) is 14.5. The lowest BCUT2D eigenvalue weighted by atomic mass is 9.81. The molecular formula is C30H42O6. The van der Waals surface area contributed by atoms with E-state index in [0.29, 0.717) is 74.2 Å². The predicted octanol–water partition coefficient (Wildman–Crippen LogP) is 4.94. The van der Waals surface area contributed by atoms with Gasteiger partial charge in [-0.25, -0.2) is 0 Å². The SMILES string of the molecule is c1c(COCC2CC3CC(C2)O3)cc(COCC2CCC3OC3C2)cc1COCC1CCC2OC2C1. The van der Waals surface area contributed by atoms with Gasteiger partial charge in [0.05, 0.1) is 63.1 Å². The molecular weight excluding hydrogens is 456 g/mol. The molecule has 0 spiro atoms. The second-order valence-electron chi connectivity index (χ2n) is 12.4. The summed E-state index contributed by atoms with van der Waals surface area (Å²) in [6, 6.07) is 6.78. The maximum atomic E-state index is 6.21. The second-order valence-corrected chi connectivity index (χ2v) is 12.4. The molecule has 1 aromatic carbocycles. The van der Waals surface area contributed by atoms with Crippen LogP contribution in [0.5, 0.6) is 0 Å². The molecule has 3 aliphatic carbocycles. The van der Waals surface area contributed by atoms with Crippen LogP contribution in [0.3, 0.4) is 0 Å². The Hall–Kier alpha value is -1.02. The van der Waals surface area contributed by atoms with E-state index in [9.17, 15) is 0 Å². The zero-order valence-electron chi connectivity index (χ0n) is 21.5. The van der Waals surface area contributed by atoms with Crippen LogP contribution in [0.2, 0.25) is 0 Å². The van der Waals surface area contributed by atoms with Crippen LogP contribution in [0.25, 0.3) is 0 Å². The highest BCUT2D eigenvalue weighted by Gasteiger charge is 2.44. The topological polar surface area (TPSA) is 62.0 Å². The molecule has 1 aromatic rings. The molecule has 2 bridgehead atoms. The van der Waals surface area contributed by atoms with Gasteiger partial charge in [-0.05, 0) is 92.2 Å². The molecule has 198 valence electrons. The molecule has 6 heteroatoms. The number of ether oxygens (including phenoxy) is 6. The summed E-state index contributed by atoms with van der Waals surface area (Å²) in [6.45, 7) is 4.45. The van der Waals surface area contributed by atoms with Gasteiger partial charge in [-0.15, -0.1) is 0 Å². The van der Waals surface area contributed by atoms with Crippen LogP contribution in [0.15, 0.2) is 18.2 Å². The fourth-order valence-electron chi connectivity index (χ4n) is 7.23. The van der Waals surface area contributed by atoms with Gasteiger partial charge < -0.3 is 28.4 Å². The van der Waals surface area contributed by atoms with Crippen molar-refractivity contribution in [3.63, 3.8) is 0 Å². The summed E-state index contributed by atoms with van der Waals surface area (Å²) in [5.74, 6) is 1.92. The van der Waals surface area contributed by atoms with Gasteiger partial charge in [0.25, 0.3) is 0 Å². The highest BCUT2D eigenvalue weighted by molar-refractivity contribution is 5.29. The second kappa shape index (κ2) is 10.6. The molecule has 0 N–H and O–H groups in total. The minimum atomic E-state index is 0.490. The molecule has 6 nitrogen and oxygen atoms in total. The van der Waals surface area contributed by atoms with Crippen molar-refractivity contribution in [2.24, 2.45) is 17.8 Å². The number of epoxide rings is 2. The van der Waals surface area contributed by atoms with E-state index in [2.05, 4.69) is 18.2 Å². The molecule has 8 atom stereocenters. The van der Waals surface area contributed by atoms with Crippen molar-refractivity contribution < 1.29 is 28.4 Å². The monoisotopic (exact) mass is 498 g/mol. The molecule has 4 saturated heterocycles. The zero-order valence-corrected chi connectivity index (χ0v) is 21.5. The summed E-state index contributed by atoms with van der Waals surface area (Å²) in [4.78, 5) is 0. The first-order chi connectivity index (χ1) is 17.7. The van der Waals surface area contributed by atoms with Crippen LogP contribution in [0.1, 0.15) is 74.5 Å². The maximum absolute atomic E-state index is 6.21. The van der Waals surface area contributed by atoms with Crippen molar-refractivity contribution in [3.8, 4) is 0 Å². The summed E-state index contributed by atoms with van der Waals surface area (Å²) in [6.07, 6.45) is 13.9. The first kappa shape index (κ1) is 24.1. The van der Waals surface area contributed by atoms with Crippen LogP contribution >= 0.6 is 0 Å². The van der Waals surface area contributed by atoms with E-state index in [0.717, 1.165) is 32.7 Å². The summed E-state index contributed by atoms with van der Waals surface area (Å²) in [5, 5.41) is 0. The molecule has 0 aromatic heterocycles. The van der Waals surface area contributed by atoms with Gasteiger partial charge in [-0.3, -0.25) is 0 Å². The van der Waals surface area contributed by atoms with Crippen LogP contribution in [0, 0.1) is 17.8 Å². The molecule has 7 aliphatic rings. The number of benzene rings is 1. The van der Waals surface area contributed by atoms with Crippen molar-refractivity contribution >= 4 is 0 Å². The summed E-state index contributed by atoms with van der Waals surface area (Å²) >= 11 is 0. The Labute approximate surface area is 215 Å². The predicted molar refractivity (Wildman–Crippen MR) is 133 cm³/mol. The molecule has 8 rings (SSSR count). The Kier molecular flexibility index (Phi) is 7.10. The van der Waals surface area contributed by atoms with Gasteiger partial charge in [0, 0.05) is 13.2 Å². The average Bonchev–Trinajstić information content (AvgIpc) is 3.78. The van der Waals surface area contributed by atoms with Gasteiger partial charge in [0.1, 0.15) is 0 Å². The highest BCUT2D eigenvalue weighted by atomic mass is 16.6. The lowest BCUT2D eigenvalue weighted by Gasteiger charge is -2.45. The van der Waals surface area contributed by atoms with Crippen molar-refractivity contribution in [1.82, 2.24) is 0 Å². The van der Waals surface area contributed by atoms with E-state index in [1.54, 1.807) is 0 Å². The molecule has 0 radical (unpaired) electrons. The number of rotatable bonds is 12. The zero-order chi connectivity index (χ0) is 23.9. The Morgan fingerprint density at radius 3 is 1.39 bits per heavy atom. The van der Waals surface area contributed by atoms with Crippen LogP contribution in [-0.2, 0) is 48.2 Å². The molecule has 8 unspecified atom stereocenters. The largest absolute Gasteiger partial charge is 0.376 e. The van der Waals surface area contributed by atoms with E-state index in [1.807, 2.05) is 0 Å².